The highest BCUT2D eigenvalue weighted by molar-refractivity contribution is 6.00. The highest BCUT2D eigenvalue weighted by atomic mass is 16.2. The first-order valence-corrected chi connectivity index (χ1v) is 12.4. The molecule has 2 fully saturated rings. The maximum absolute atomic E-state index is 13.4. The van der Waals surface area contributed by atoms with E-state index in [9.17, 15) is 9.59 Å². The number of carbonyl (C=O) groups excluding carboxylic acids is 2. The van der Waals surface area contributed by atoms with Crippen molar-refractivity contribution in [3.63, 3.8) is 0 Å². The topological polar surface area (TPSA) is 55.9 Å². The van der Waals surface area contributed by atoms with E-state index in [1.54, 1.807) is 0 Å². The molecule has 6 nitrogen and oxygen atoms in total. The molecule has 32 heavy (non-hydrogen) atoms. The number of amides is 2. The summed E-state index contributed by atoms with van der Waals surface area (Å²) in [5, 5.41) is 3.10. The number of nitrogens with zero attached hydrogens (tertiary/aromatic N) is 3. The maximum atomic E-state index is 13.4. The summed E-state index contributed by atoms with van der Waals surface area (Å²) in [6.45, 7) is 8.41. The lowest BCUT2D eigenvalue weighted by Gasteiger charge is -2.52. The first kappa shape index (κ1) is 24.7. The average molecular weight is 443 g/mol. The maximum Gasteiger partial charge on any atom is 0.246 e. The number of piperidine rings is 1. The van der Waals surface area contributed by atoms with Crippen LogP contribution >= 0.6 is 0 Å². The highest BCUT2D eigenvalue weighted by Crippen LogP contribution is 2.34. The molecule has 2 saturated heterocycles. The van der Waals surface area contributed by atoms with Crippen LogP contribution in [0.1, 0.15) is 51.5 Å². The monoisotopic (exact) mass is 442 g/mol. The molecule has 1 N–H and O–H groups in total. The smallest absolute Gasteiger partial charge is 0.246 e. The molecule has 3 rings (SSSR count). The zero-order chi connectivity index (χ0) is 23.1. The summed E-state index contributed by atoms with van der Waals surface area (Å²) in [6, 6.07) is 10.3. The fourth-order valence-electron chi connectivity index (χ4n) is 5.08. The quantitative estimate of drug-likeness (QED) is 0.566. The summed E-state index contributed by atoms with van der Waals surface area (Å²) in [5.41, 5.74) is 0.719. The van der Waals surface area contributed by atoms with Crippen LogP contribution in [-0.2, 0) is 16.0 Å². The molecule has 6 heteroatoms. The minimum atomic E-state index is -0.679. The van der Waals surface area contributed by atoms with Crippen LogP contribution in [0.25, 0.3) is 0 Å². The third-order valence-corrected chi connectivity index (χ3v) is 7.00. The van der Waals surface area contributed by atoms with Crippen molar-refractivity contribution in [3.8, 4) is 0 Å². The van der Waals surface area contributed by atoms with E-state index in [0.29, 0.717) is 18.9 Å². The van der Waals surface area contributed by atoms with Gasteiger partial charge in [-0.05, 0) is 70.6 Å². The van der Waals surface area contributed by atoms with Crippen molar-refractivity contribution in [2.24, 2.45) is 5.92 Å². The van der Waals surface area contributed by atoms with Gasteiger partial charge in [-0.15, -0.1) is 0 Å². The fourth-order valence-corrected chi connectivity index (χ4v) is 5.08. The second-order valence-corrected chi connectivity index (χ2v) is 10.3. The summed E-state index contributed by atoms with van der Waals surface area (Å²) >= 11 is 0. The SMILES string of the molecule is CC(C)C[C@@H]1NC(=O)C2(CCN(CCCCc3ccccc3)CC2)N(CCN(C)C)C1=O. The second-order valence-electron chi connectivity index (χ2n) is 10.3. The predicted octanol–water partition coefficient (Wildman–Crippen LogP) is 2.78. The van der Waals surface area contributed by atoms with Gasteiger partial charge in [0.1, 0.15) is 11.6 Å². The Morgan fingerprint density at radius 1 is 1.06 bits per heavy atom. The molecule has 178 valence electrons. The molecule has 1 spiro atoms. The summed E-state index contributed by atoms with van der Waals surface area (Å²) in [6.07, 6.45) is 5.61. The number of piperazine rings is 1. The highest BCUT2D eigenvalue weighted by Gasteiger charge is 2.53. The van der Waals surface area contributed by atoms with E-state index >= 15 is 0 Å². The number of carbonyl (C=O) groups is 2. The molecule has 1 aromatic carbocycles. The van der Waals surface area contributed by atoms with Crippen molar-refractivity contribution in [1.82, 2.24) is 20.0 Å². The Bertz CT molecular complexity index is 741. The van der Waals surface area contributed by atoms with Crippen LogP contribution in [0.5, 0.6) is 0 Å². The number of aryl methyl sites for hydroxylation is 1. The molecule has 0 unspecified atom stereocenters. The summed E-state index contributed by atoms with van der Waals surface area (Å²) in [7, 11) is 4.04. The Labute approximate surface area is 194 Å². The standard InChI is InChI=1S/C26H42N4O2/c1-21(2)20-23-24(31)30(19-18-28(3)4)26(25(32)27-23)13-16-29(17-14-26)15-9-8-12-22-10-6-5-7-11-22/h5-7,10-11,21,23H,8-9,12-20H2,1-4H3,(H,27,32)/t23-/m0/s1. The number of likely N-dealkylation sites (N-methyl/N-ethyl adjacent to an activating group) is 1. The normalized spacial score (nSPS) is 21.6. The molecular formula is C26H42N4O2. The summed E-state index contributed by atoms with van der Waals surface area (Å²) in [4.78, 5) is 33.2. The lowest BCUT2D eigenvalue weighted by atomic mass is 9.81. The van der Waals surface area contributed by atoms with E-state index in [-0.39, 0.29) is 17.9 Å². The van der Waals surface area contributed by atoms with Gasteiger partial charge in [-0.25, -0.2) is 0 Å². The largest absolute Gasteiger partial charge is 0.342 e. The van der Waals surface area contributed by atoms with Gasteiger partial charge in [0.05, 0.1) is 0 Å². The summed E-state index contributed by atoms with van der Waals surface area (Å²) in [5.74, 6) is 0.536. The molecule has 1 atom stereocenters. The first-order chi connectivity index (χ1) is 15.3. The third kappa shape index (κ3) is 6.10. The van der Waals surface area contributed by atoms with Gasteiger partial charge in [0.2, 0.25) is 11.8 Å². The molecular weight excluding hydrogens is 400 g/mol. The van der Waals surface area contributed by atoms with Gasteiger partial charge in [-0.2, -0.15) is 0 Å². The Kier molecular flexibility index (Phi) is 8.72. The zero-order valence-electron chi connectivity index (χ0n) is 20.5. The number of nitrogens with one attached hydrogen (secondary N) is 1. The predicted molar refractivity (Wildman–Crippen MR) is 129 cm³/mol. The van der Waals surface area contributed by atoms with Crippen molar-refractivity contribution >= 4 is 11.8 Å². The molecule has 2 heterocycles. The van der Waals surface area contributed by atoms with Crippen LogP contribution in [0.2, 0.25) is 0 Å². The molecule has 0 bridgehead atoms. The number of likely N-dealkylation sites (tertiary alicyclic amines) is 1. The Morgan fingerprint density at radius 3 is 2.38 bits per heavy atom. The molecule has 2 aliphatic rings. The van der Waals surface area contributed by atoms with Gasteiger partial charge in [0.25, 0.3) is 0 Å². The molecule has 1 aromatic rings. The van der Waals surface area contributed by atoms with Gasteiger partial charge < -0.3 is 20.0 Å². The van der Waals surface area contributed by atoms with Gasteiger partial charge >= 0.3 is 0 Å². The lowest BCUT2D eigenvalue weighted by molar-refractivity contribution is -0.161. The number of benzene rings is 1. The van der Waals surface area contributed by atoms with E-state index in [0.717, 1.165) is 51.9 Å². The van der Waals surface area contributed by atoms with Gasteiger partial charge in [-0.3, -0.25) is 9.59 Å². The van der Waals surface area contributed by atoms with Gasteiger partial charge in [0.15, 0.2) is 0 Å². The fraction of sp³-hybridized carbons (Fsp3) is 0.692. The van der Waals surface area contributed by atoms with Crippen molar-refractivity contribution in [2.75, 3.05) is 46.8 Å². The van der Waals surface area contributed by atoms with Crippen LogP contribution in [0.3, 0.4) is 0 Å². The minimum Gasteiger partial charge on any atom is -0.342 e. The molecule has 0 aliphatic carbocycles. The lowest BCUT2D eigenvalue weighted by Crippen LogP contribution is -2.73. The number of hydrogen-bond acceptors (Lipinski definition) is 4. The van der Waals surface area contributed by atoms with E-state index in [2.05, 4.69) is 59.3 Å². The van der Waals surface area contributed by atoms with Crippen molar-refractivity contribution < 1.29 is 9.59 Å². The third-order valence-electron chi connectivity index (χ3n) is 7.00. The van der Waals surface area contributed by atoms with Crippen LogP contribution < -0.4 is 5.32 Å². The van der Waals surface area contributed by atoms with Crippen molar-refractivity contribution in [1.29, 1.82) is 0 Å². The average Bonchev–Trinajstić information content (AvgIpc) is 2.76. The first-order valence-electron chi connectivity index (χ1n) is 12.4. The Balaban J connectivity index is 1.57. The minimum absolute atomic E-state index is 0.0604. The Hall–Kier alpha value is -1.92. The molecule has 2 aliphatic heterocycles. The molecule has 2 amide bonds. The van der Waals surface area contributed by atoms with Crippen molar-refractivity contribution in [2.45, 2.75) is 64.0 Å². The van der Waals surface area contributed by atoms with Crippen molar-refractivity contribution in [3.05, 3.63) is 35.9 Å². The van der Waals surface area contributed by atoms with E-state index in [1.807, 2.05) is 19.0 Å². The van der Waals surface area contributed by atoms with Gasteiger partial charge in [0, 0.05) is 26.2 Å². The number of hydrogen-bond donors (Lipinski definition) is 1. The zero-order valence-corrected chi connectivity index (χ0v) is 20.5. The second kappa shape index (κ2) is 11.3. The van der Waals surface area contributed by atoms with Crippen LogP contribution in [0.4, 0.5) is 0 Å². The molecule has 0 saturated carbocycles. The molecule has 0 aromatic heterocycles. The number of unbranched alkanes of at least 4 members (excludes halogenated alkanes) is 1. The van der Waals surface area contributed by atoms with Crippen LogP contribution in [-0.4, -0.2) is 84.9 Å². The molecule has 0 radical (unpaired) electrons. The number of rotatable bonds is 10. The Morgan fingerprint density at radius 2 is 1.75 bits per heavy atom. The van der Waals surface area contributed by atoms with Gasteiger partial charge in [-0.1, -0.05) is 44.2 Å². The van der Waals surface area contributed by atoms with E-state index < -0.39 is 5.54 Å². The van der Waals surface area contributed by atoms with Crippen LogP contribution in [0, 0.1) is 5.92 Å². The van der Waals surface area contributed by atoms with E-state index in [1.165, 1.54) is 12.0 Å². The summed E-state index contributed by atoms with van der Waals surface area (Å²) < 4.78 is 0. The van der Waals surface area contributed by atoms with E-state index in [4.69, 9.17) is 0 Å². The van der Waals surface area contributed by atoms with Crippen LogP contribution in [0.15, 0.2) is 30.3 Å².